The number of aromatic nitrogens is 1. The van der Waals surface area contributed by atoms with Crippen LogP contribution in [0.3, 0.4) is 0 Å². The Labute approximate surface area is 217 Å². The van der Waals surface area contributed by atoms with Crippen molar-refractivity contribution in [2.24, 2.45) is 5.92 Å². The second-order valence-electron chi connectivity index (χ2n) is 10.2. The van der Waals surface area contributed by atoms with E-state index in [4.69, 9.17) is 16.3 Å². The van der Waals surface area contributed by atoms with E-state index in [2.05, 4.69) is 48.5 Å². The maximum Gasteiger partial charge on any atom is 0.243 e. The number of hydrogen-bond acceptors (Lipinski definition) is 4. The minimum atomic E-state index is -0.692. The molecule has 6 nitrogen and oxygen atoms in total. The van der Waals surface area contributed by atoms with Crippen LogP contribution in [0.15, 0.2) is 60.8 Å². The zero-order valence-corrected chi connectivity index (χ0v) is 21.9. The number of fused-ring (bicyclic) bond motifs is 1. The van der Waals surface area contributed by atoms with Gasteiger partial charge in [-0.05, 0) is 84.7 Å². The number of nitrogens with one attached hydrogen (secondary N) is 2. The minimum absolute atomic E-state index is 0.0140. The molecule has 36 heavy (non-hydrogen) atoms. The molecule has 4 rings (SSSR count). The number of rotatable bonds is 6. The summed E-state index contributed by atoms with van der Waals surface area (Å²) in [4.78, 5) is 29.4. The summed E-state index contributed by atoms with van der Waals surface area (Å²) in [5, 5.41) is 5.11. The highest BCUT2D eigenvalue weighted by Gasteiger charge is 2.26. The monoisotopic (exact) mass is 505 g/mol. The van der Waals surface area contributed by atoms with Gasteiger partial charge < -0.3 is 15.4 Å². The fourth-order valence-corrected chi connectivity index (χ4v) is 4.29. The zero-order chi connectivity index (χ0) is 25.9. The zero-order valence-electron chi connectivity index (χ0n) is 21.1. The Kier molecular flexibility index (Phi) is 7.65. The van der Waals surface area contributed by atoms with E-state index in [1.807, 2.05) is 30.3 Å². The predicted octanol–water partition coefficient (Wildman–Crippen LogP) is 6.48. The van der Waals surface area contributed by atoms with Crippen molar-refractivity contribution >= 4 is 34.9 Å². The van der Waals surface area contributed by atoms with Crippen LogP contribution in [-0.4, -0.2) is 22.2 Å². The van der Waals surface area contributed by atoms with Gasteiger partial charge in [-0.15, -0.1) is 11.6 Å². The summed E-state index contributed by atoms with van der Waals surface area (Å²) in [7, 11) is 0. The molecule has 0 saturated carbocycles. The Morgan fingerprint density at radius 1 is 1.06 bits per heavy atom. The number of benzene rings is 2. The number of nitrogens with zero attached hydrogens (tertiary/aromatic N) is 1. The third-order valence-electron chi connectivity index (χ3n) is 6.37. The summed E-state index contributed by atoms with van der Waals surface area (Å²) in [6.07, 6.45) is 3.84. The number of anilines is 2. The highest BCUT2D eigenvalue weighted by atomic mass is 35.5. The molecule has 3 aromatic rings. The molecule has 0 saturated heterocycles. The molecule has 188 valence electrons. The lowest BCUT2D eigenvalue weighted by molar-refractivity contribution is -0.120. The predicted molar refractivity (Wildman–Crippen MR) is 144 cm³/mol. The third-order valence-corrected chi connectivity index (χ3v) is 6.57. The molecule has 2 aromatic carbocycles. The molecular weight excluding hydrogens is 474 g/mol. The van der Waals surface area contributed by atoms with Crippen LogP contribution >= 0.6 is 11.6 Å². The molecule has 2 atom stereocenters. The number of halogens is 1. The van der Waals surface area contributed by atoms with Gasteiger partial charge in [0.2, 0.25) is 11.8 Å². The van der Waals surface area contributed by atoms with Crippen molar-refractivity contribution in [3.05, 3.63) is 77.5 Å². The van der Waals surface area contributed by atoms with Crippen molar-refractivity contribution in [1.82, 2.24) is 4.98 Å². The number of carbonyl (C=O) groups is 2. The molecule has 1 heterocycles. The van der Waals surface area contributed by atoms with Gasteiger partial charge >= 0.3 is 0 Å². The molecule has 2 unspecified atom stereocenters. The highest BCUT2D eigenvalue weighted by Crippen LogP contribution is 2.33. The lowest BCUT2D eigenvalue weighted by Gasteiger charge is -2.25. The summed E-state index contributed by atoms with van der Waals surface area (Å²) >= 11 is 5.87. The molecule has 2 amide bonds. The Morgan fingerprint density at radius 3 is 2.61 bits per heavy atom. The van der Waals surface area contributed by atoms with Gasteiger partial charge in [0.1, 0.15) is 11.1 Å². The lowest BCUT2D eigenvalue weighted by Crippen LogP contribution is -2.28. The first-order valence-corrected chi connectivity index (χ1v) is 12.6. The van der Waals surface area contributed by atoms with Crippen molar-refractivity contribution in [2.45, 2.75) is 57.7 Å². The molecule has 2 N–H and O–H groups in total. The van der Waals surface area contributed by atoms with Crippen molar-refractivity contribution < 1.29 is 14.3 Å². The number of amides is 2. The van der Waals surface area contributed by atoms with E-state index in [9.17, 15) is 9.59 Å². The standard InChI is InChI=1S/C29H32ClN3O3/c1-18(30)27(34)33-26-25(9-6-14-31-26)36-24-13-12-19-10-11-20(15-21(19)16-24)28(35)32-23-8-5-7-22(17-23)29(2,3)4/h5-9,12-14,16-18,20H,10-11,15H2,1-4H3,(H,32,35)(H,31,33,34). The molecule has 0 aliphatic heterocycles. The van der Waals surface area contributed by atoms with Gasteiger partial charge in [0.15, 0.2) is 11.6 Å². The van der Waals surface area contributed by atoms with Gasteiger partial charge in [0.05, 0.1) is 0 Å². The molecule has 1 aliphatic rings. The van der Waals surface area contributed by atoms with Gasteiger partial charge in [-0.3, -0.25) is 9.59 Å². The fourth-order valence-electron chi connectivity index (χ4n) is 4.24. The average Bonchev–Trinajstić information content (AvgIpc) is 2.84. The first kappa shape index (κ1) is 25.7. The molecule has 0 spiro atoms. The number of pyridine rings is 1. The third kappa shape index (κ3) is 6.24. The topological polar surface area (TPSA) is 80.3 Å². The maximum atomic E-state index is 13.1. The minimum Gasteiger partial charge on any atom is -0.453 e. The van der Waals surface area contributed by atoms with E-state index >= 15 is 0 Å². The lowest BCUT2D eigenvalue weighted by atomic mass is 9.83. The second-order valence-corrected chi connectivity index (χ2v) is 10.9. The number of aryl methyl sites for hydroxylation is 1. The van der Waals surface area contributed by atoms with Crippen molar-refractivity contribution in [3.63, 3.8) is 0 Å². The quantitative estimate of drug-likeness (QED) is 0.376. The molecule has 7 heteroatoms. The first-order valence-electron chi connectivity index (χ1n) is 12.2. The van der Waals surface area contributed by atoms with Crippen LogP contribution in [0.1, 0.15) is 50.8 Å². The van der Waals surface area contributed by atoms with Crippen molar-refractivity contribution in [1.29, 1.82) is 0 Å². The van der Waals surface area contributed by atoms with Crippen LogP contribution in [0.4, 0.5) is 11.5 Å². The summed E-state index contributed by atoms with van der Waals surface area (Å²) in [5.41, 5.74) is 4.33. The molecule has 0 radical (unpaired) electrons. The Bertz CT molecular complexity index is 1270. The number of alkyl halides is 1. The Morgan fingerprint density at radius 2 is 1.86 bits per heavy atom. The largest absolute Gasteiger partial charge is 0.453 e. The summed E-state index contributed by atoms with van der Waals surface area (Å²) in [6, 6.07) is 17.5. The summed E-state index contributed by atoms with van der Waals surface area (Å²) in [6.45, 7) is 8.07. The van der Waals surface area contributed by atoms with Crippen LogP contribution in [0.2, 0.25) is 0 Å². The van der Waals surface area contributed by atoms with E-state index < -0.39 is 5.38 Å². The van der Waals surface area contributed by atoms with E-state index in [1.165, 1.54) is 11.1 Å². The van der Waals surface area contributed by atoms with Crippen LogP contribution in [0.5, 0.6) is 11.5 Å². The van der Waals surface area contributed by atoms with Crippen LogP contribution in [-0.2, 0) is 27.8 Å². The number of ether oxygens (including phenoxy) is 1. The smallest absolute Gasteiger partial charge is 0.243 e. The second kappa shape index (κ2) is 10.7. The van der Waals surface area contributed by atoms with E-state index in [1.54, 1.807) is 25.3 Å². The summed E-state index contributed by atoms with van der Waals surface area (Å²) < 4.78 is 6.07. The molecule has 1 aliphatic carbocycles. The van der Waals surface area contributed by atoms with Crippen LogP contribution in [0.25, 0.3) is 0 Å². The van der Waals surface area contributed by atoms with Gasteiger partial charge in [-0.1, -0.05) is 39.0 Å². The van der Waals surface area contributed by atoms with Gasteiger partial charge in [-0.2, -0.15) is 0 Å². The number of hydrogen-bond donors (Lipinski definition) is 2. The van der Waals surface area contributed by atoms with E-state index in [0.29, 0.717) is 23.7 Å². The Hall–Kier alpha value is -3.38. The van der Waals surface area contributed by atoms with Crippen molar-refractivity contribution in [3.8, 4) is 11.5 Å². The van der Waals surface area contributed by atoms with Gasteiger partial charge in [-0.25, -0.2) is 4.98 Å². The first-order chi connectivity index (χ1) is 17.1. The molecular formula is C29H32ClN3O3. The van der Waals surface area contributed by atoms with E-state index in [0.717, 1.165) is 24.1 Å². The van der Waals surface area contributed by atoms with E-state index in [-0.39, 0.29) is 23.1 Å². The molecule has 1 aromatic heterocycles. The maximum absolute atomic E-state index is 13.1. The highest BCUT2D eigenvalue weighted by molar-refractivity contribution is 6.32. The van der Waals surface area contributed by atoms with Crippen LogP contribution in [0, 0.1) is 5.92 Å². The molecule has 0 bridgehead atoms. The Balaban J connectivity index is 1.46. The number of carbonyl (C=O) groups excluding carboxylic acids is 2. The SMILES string of the molecule is CC(Cl)C(=O)Nc1ncccc1Oc1ccc2c(c1)CC(C(=O)Nc1cccc(C(C)(C)C)c1)CC2. The molecule has 0 fully saturated rings. The van der Waals surface area contributed by atoms with Crippen LogP contribution < -0.4 is 15.4 Å². The van der Waals surface area contributed by atoms with Crippen molar-refractivity contribution in [2.75, 3.05) is 10.6 Å². The average molecular weight is 506 g/mol. The van der Waals surface area contributed by atoms with Gasteiger partial charge in [0.25, 0.3) is 0 Å². The normalized spacial score (nSPS) is 16.0. The van der Waals surface area contributed by atoms with Gasteiger partial charge in [0, 0.05) is 17.8 Å². The fraction of sp³-hybridized carbons (Fsp3) is 0.345. The summed E-state index contributed by atoms with van der Waals surface area (Å²) in [5.74, 6) is 0.909.